The van der Waals surface area contributed by atoms with E-state index in [1.807, 2.05) is 24.4 Å². The van der Waals surface area contributed by atoms with Crippen LogP contribution in [0.15, 0.2) is 42.6 Å². The summed E-state index contributed by atoms with van der Waals surface area (Å²) in [6, 6.07) is 9.15. The predicted octanol–water partition coefficient (Wildman–Crippen LogP) is 2.87. The Morgan fingerprint density at radius 3 is 2.56 bits per heavy atom. The van der Waals surface area contributed by atoms with Crippen LogP contribution in [-0.4, -0.2) is 23.8 Å². The second kappa shape index (κ2) is 6.66. The van der Waals surface area contributed by atoms with Gasteiger partial charge in [-0.1, -0.05) is 36.3 Å². The first-order valence-electron chi connectivity index (χ1n) is 6.38. The molecule has 1 aromatic carbocycles. The number of nitrogens with zero attached hydrogens (tertiary/aromatic N) is 1. The van der Waals surface area contributed by atoms with E-state index in [1.165, 1.54) is 19.3 Å². The van der Waals surface area contributed by atoms with Crippen LogP contribution in [0.1, 0.15) is 29.6 Å². The summed E-state index contributed by atoms with van der Waals surface area (Å²) in [6.07, 6.45) is 7.58. The topological polar surface area (TPSA) is 20.3 Å². The summed E-state index contributed by atoms with van der Waals surface area (Å²) in [4.78, 5) is 13.9. The van der Waals surface area contributed by atoms with Crippen LogP contribution in [0.2, 0.25) is 0 Å². The van der Waals surface area contributed by atoms with E-state index >= 15 is 0 Å². The Hall–Kier alpha value is -2.01. The van der Waals surface area contributed by atoms with E-state index in [0.717, 1.165) is 13.1 Å². The van der Waals surface area contributed by atoms with Gasteiger partial charge in [-0.2, -0.15) is 0 Å². The first kappa shape index (κ1) is 12.4. The van der Waals surface area contributed by atoms with Crippen molar-refractivity contribution in [3.63, 3.8) is 0 Å². The SMILES string of the molecule is O=C(C#C/C=C/N1CCCCC1)c1ccccc1. The second-order valence-electron chi connectivity index (χ2n) is 4.38. The number of likely N-dealkylation sites (tertiary alicyclic amines) is 1. The molecule has 0 aromatic heterocycles. The Balaban J connectivity index is 1.88. The molecule has 1 heterocycles. The molecule has 2 nitrogen and oxygen atoms in total. The quantitative estimate of drug-likeness (QED) is 0.449. The van der Waals surface area contributed by atoms with Crippen LogP contribution in [-0.2, 0) is 0 Å². The lowest BCUT2D eigenvalue weighted by atomic mass is 10.1. The van der Waals surface area contributed by atoms with Crippen molar-refractivity contribution < 1.29 is 4.79 Å². The van der Waals surface area contributed by atoms with Gasteiger partial charge < -0.3 is 4.90 Å². The number of allylic oxidation sites excluding steroid dienone is 1. The minimum Gasteiger partial charge on any atom is -0.377 e. The normalized spacial score (nSPS) is 15.2. The molecule has 1 saturated heterocycles. The third-order valence-electron chi connectivity index (χ3n) is 2.98. The Morgan fingerprint density at radius 2 is 1.83 bits per heavy atom. The van der Waals surface area contributed by atoms with Crippen molar-refractivity contribution in [2.75, 3.05) is 13.1 Å². The molecule has 0 unspecified atom stereocenters. The third-order valence-corrected chi connectivity index (χ3v) is 2.98. The zero-order valence-electron chi connectivity index (χ0n) is 10.4. The number of carbonyl (C=O) groups excluding carboxylic acids is 1. The third kappa shape index (κ3) is 3.78. The molecule has 92 valence electrons. The molecule has 2 rings (SSSR count). The molecule has 0 bridgehead atoms. The van der Waals surface area contributed by atoms with Crippen LogP contribution < -0.4 is 0 Å². The summed E-state index contributed by atoms with van der Waals surface area (Å²) in [5, 5.41) is 0. The fraction of sp³-hybridized carbons (Fsp3) is 0.312. The van der Waals surface area contributed by atoms with Crippen molar-refractivity contribution in [2.45, 2.75) is 19.3 Å². The number of benzene rings is 1. The summed E-state index contributed by atoms with van der Waals surface area (Å²) >= 11 is 0. The van der Waals surface area contributed by atoms with Gasteiger partial charge in [-0.15, -0.1) is 0 Å². The summed E-state index contributed by atoms with van der Waals surface area (Å²) in [5.41, 5.74) is 0.649. The van der Waals surface area contributed by atoms with E-state index in [4.69, 9.17) is 0 Å². The fourth-order valence-electron chi connectivity index (χ4n) is 1.98. The van der Waals surface area contributed by atoms with E-state index in [2.05, 4.69) is 16.7 Å². The summed E-state index contributed by atoms with van der Waals surface area (Å²) in [5.74, 6) is 5.32. The fourth-order valence-corrected chi connectivity index (χ4v) is 1.98. The molecule has 0 radical (unpaired) electrons. The van der Waals surface area contributed by atoms with E-state index < -0.39 is 0 Å². The van der Waals surface area contributed by atoms with Gasteiger partial charge in [0.2, 0.25) is 5.78 Å². The Morgan fingerprint density at radius 1 is 1.11 bits per heavy atom. The molecule has 1 aliphatic heterocycles. The predicted molar refractivity (Wildman–Crippen MR) is 73.1 cm³/mol. The number of hydrogen-bond donors (Lipinski definition) is 0. The maximum absolute atomic E-state index is 11.7. The molecule has 1 aromatic rings. The molecule has 2 heteroatoms. The van der Waals surface area contributed by atoms with Crippen molar-refractivity contribution >= 4 is 5.78 Å². The standard InChI is InChI=1S/C16H17NO/c18-16(15-9-3-1-4-10-15)11-5-8-14-17-12-6-2-7-13-17/h1,3-4,8-10,14H,2,6-7,12-13H2/b14-8+. The highest BCUT2D eigenvalue weighted by Gasteiger charge is 2.04. The highest BCUT2D eigenvalue weighted by molar-refractivity contribution is 6.09. The molecule has 0 amide bonds. The number of hydrogen-bond acceptors (Lipinski definition) is 2. The van der Waals surface area contributed by atoms with Gasteiger partial charge in [-0.3, -0.25) is 4.79 Å². The molecule has 18 heavy (non-hydrogen) atoms. The van der Waals surface area contributed by atoms with Crippen LogP contribution in [0.3, 0.4) is 0 Å². The number of rotatable bonds is 2. The summed E-state index contributed by atoms with van der Waals surface area (Å²) in [6.45, 7) is 2.20. The van der Waals surface area contributed by atoms with E-state index in [9.17, 15) is 4.79 Å². The van der Waals surface area contributed by atoms with Gasteiger partial charge in [0.15, 0.2) is 0 Å². The number of Topliss-reactive ketones (excluding diaryl/α,β-unsaturated/α-hetero) is 1. The smallest absolute Gasteiger partial charge is 0.236 e. The number of ketones is 1. The highest BCUT2D eigenvalue weighted by Crippen LogP contribution is 2.08. The maximum Gasteiger partial charge on any atom is 0.236 e. The van der Waals surface area contributed by atoms with Crippen molar-refractivity contribution in [1.82, 2.24) is 4.90 Å². The Labute approximate surface area is 108 Å². The van der Waals surface area contributed by atoms with Gasteiger partial charge in [0.25, 0.3) is 0 Å². The first-order valence-corrected chi connectivity index (χ1v) is 6.38. The van der Waals surface area contributed by atoms with Gasteiger partial charge in [-0.25, -0.2) is 0 Å². The van der Waals surface area contributed by atoms with E-state index in [-0.39, 0.29) is 5.78 Å². The van der Waals surface area contributed by atoms with Crippen LogP contribution in [0.5, 0.6) is 0 Å². The largest absolute Gasteiger partial charge is 0.377 e. The molecular weight excluding hydrogens is 222 g/mol. The lowest BCUT2D eigenvalue weighted by molar-refractivity contribution is 0.105. The number of piperidine rings is 1. The van der Waals surface area contributed by atoms with Crippen LogP contribution >= 0.6 is 0 Å². The molecule has 0 saturated carbocycles. The lowest BCUT2D eigenvalue weighted by Gasteiger charge is -2.24. The van der Waals surface area contributed by atoms with Gasteiger partial charge in [0, 0.05) is 30.9 Å². The summed E-state index contributed by atoms with van der Waals surface area (Å²) < 4.78 is 0. The average molecular weight is 239 g/mol. The van der Waals surface area contributed by atoms with Gasteiger partial charge in [-0.05, 0) is 25.2 Å². The average Bonchev–Trinajstić information content (AvgIpc) is 2.45. The Kier molecular flexibility index (Phi) is 4.60. The minimum atomic E-state index is -0.126. The van der Waals surface area contributed by atoms with Gasteiger partial charge in [0.05, 0.1) is 0 Å². The van der Waals surface area contributed by atoms with Crippen molar-refractivity contribution in [3.8, 4) is 11.8 Å². The maximum atomic E-state index is 11.7. The Bertz CT molecular complexity index is 473. The molecule has 0 N–H and O–H groups in total. The van der Waals surface area contributed by atoms with E-state index in [0.29, 0.717) is 5.56 Å². The van der Waals surface area contributed by atoms with Crippen LogP contribution in [0, 0.1) is 11.8 Å². The van der Waals surface area contributed by atoms with Gasteiger partial charge >= 0.3 is 0 Å². The van der Waals surface area contributed by atoms with Crippen molar-refractivity contribution in [3.05, 3.63) is 48.2 Å². The van der Waals surface area contributed by atoms with Crippen LogP contribution in [0.4, 0.5) is 0 Å². The highest BCUT2D eigenvalue weighted by atomic mass is 16.1. The van der Waals surface area contributed by atoms with Crippen molar-refractivity contribution in [1.29, 1.82) is 0 Å². The minimum absolute atomic E-state index is 0.126. The molecular formula is C16H17NO. The molecule has 0 atom stereocenters. The monoisotopic (exact) mass is 239 g/mol. The van der Waals surface area contributed by atoms with Crippen LogP contribution in [0.25, 0.3) is 0 Å². The molecule has 1 aliphatic rings. The number of carbonyl (C=O) groups is 1. The molecule has 0 aliphatic carbocycles. The summed E-state index contributed by atoms with van der Waals surface area (Å²) in [7, 11) is 0. The van der Waals surface area contributed by atoms with Gasteiger partial charge in [0.1, 0.15) is 0 Å². The molecule has 0 spiro atoms. The molecule has 1 fully saturated rings. The van der Waals surface area contributed by atoms with Crippen molar-refractivity contribution in [2.24, 2.45) is 0 Å². The van der Waals surface area contributed by atoms with E-state index in [1.54, 1.807) is 18.2 Å². The zero-order valence-corrected chi connectivity index (χ0v) is 10.4. The second-order valence-corrected chi connectivity index (χ2v) is 4.38. The lowest BCUT2D eigenvalue weighted by Crippen LogP contribution is -2.23. The zero-order chi connectivity index (χ0) is 12.6. The first-order chi connectivity index (χ1) is 8.86.